The van der Waals surface area contributed by atoms with Gasteiger partial charge in [0.25, 0.3) is 5.91 Å². The SMILES string of the molecule is COc1cccc(C2c3c(oc4ccccc4c3=O)C(=O)N2c2cccc(Br)c2)c1. The average molecular weight is 462 g/mol. The second-order valence-corrected chi connectivity index (χ2v) is 7.92. The molecule has 4 aromatic rings. The second kappa shape index (κ2) is 7.15. The largest absolute Gasteiger partial charge is 0.497 e. The highest BCUT2D eigenvalue weighted by molar-refractivity contribution is 9.10. The Morgan fingerprint density at radius 1 is 0.967 bits per heavy atom. The summed E-state index contributed by atoms with van der Waals surface area (Å²) in [6.45, 7) is 0. The smallest absolute Gasteiger partial charge is 0.295 e. The van der Waals surface area contributed by atoms with Gasteiger partial charge < -0.3 is 9.15 Å². The monoisotopic (exact) mass is 461 g/mol. The molecule has 1 amide bonds. The Labute approximate surface area is 180 Å². The summed E-state index contributed by atoms with van der Waals surface area (Å²) in [5.74, 6) is 0.373. The summed E-state index contributed by atoms with van der Waals surface area (Å²) < 4.78 is 12.2. The van der Waals surface area contributed by atoms with Gasteiger partial charge in [0.2, 0.25) is 5.76 Å². The van der Waals surface area contributed by atoms with E-state index in [4.69, 9.17) is 9.15 Å². The van der Waals surface area contributed by atoms with Gasteiger partial charge in [-0.3, -0.25) is 14.5 Å². The van der Waals surface area contributed by atoms with Crippen LogP contribution in [0.2, 0.25) is 0 Å². The van der Waals surface area contributed by atoms with Crippen LogP contribution in [0, 0.1) is 0 Å². The fourth-order valence-electron chi connectivity index (χ4n) is 3.94. The van der Waals surface area contributed by atoms with Crippen LogP contribution in [-0.4, -0.2) is 13.0 Å². The van der Waals surface area contributed by atoms with E-state index in [0.29, 0.717) is 28.0 Å². The van der Waals surface area contributed by atoms with Gasteiger partial charge >= 0.3 is 0 Å². The number of methoxy groups -OCH3 is 1. The maximum Gasteiger partial charge on any atom is 0.295 e. The van der Waals surface area contributed by atoms with Gasteiger partial charge in [-0.25, -0.2) is 0 Å². The van der Waals surface area contributed by atoms with E-state index in [-0.39, 0.29) is 17.1 Å². The molecule has 2 heterocycles. The van der Waals surface area contributed by atoms with E-state index in [9.17, 15) is 9.59 Å². The van der Waals surface area contributed by atoms with Crippen molar-refractivity contribution in [3.8, 4) is 5.75 Å². The van der Waals surface area contributed by atoms with Crippen molar-refractivity contribution in [1.82, 2.24) is 0 Å². The van der Waals surface area contributed by atoms with Crippen molar-refractivity contribution >= 4 is 38.5 Å². The first kappa shape index (κ1) is 18.6. The molecule has 0 radical (unpaired) electrons. The van der Waals surface area contributed by atoms with E-state index >= 15 is 0 Å². The van der Waals surface area contributed by atoms with Gasteiger partial charge in [-0.1, -0.05) is 46.3 Å². The van der Waals surface area contributed by atoms with Crippen LogP contribution in [0.25, 0.3) is 11.0 Å². The van der Waals surface area contributed by atoms with Gasteiger partial charge in [-0.15, -0.1) is 0 Å². The molecule has 0 N–H and O–H groups in total. The number of anilines is 1. The number of nitrogens with zero attached hydrogens (tertiary/aromatic N) is 1. The lowest BCUT2D eigenvalue weighted by Gasteiger charge is -2.25. The summed E-state index contributed by atoms with van der Waals surface area (Å²) in [7, 11) is 1.58. The zero-order valence-corrected chi connectivity index (χ0v) is 17.5. The standard InChI is InChI=1S/C24H16BrNO4/c1-29-17-9-4-6-14(12-17)21-20-22(27)18-10-2-3-11-19(18)30-23(20)24(28)26(21)16-8-5-7-15(25)13-16/h2-13,21H,1H3. The van der Waals surface area contributed by atoms with Crippen LogP contribution < -0.4 is 15.1 Å². The first-order valence-electron chi connectivity index (χ1n) is 9.37. The Kier molecular flexibility index (Phi) is 4.44. The number of amides is 1. The predicted octanol–water partition coefficient (Wildman–Crippen LogP) is 5.31. The number of ether oxygens (including phenoxy) is 1. The Bertz CT molecular complexity index is 1360. The third kappa shape index (κ3) is 2.83. The molecule has 0 fully saturated rings. The van der Waals surface area contributed by atoms with Gasteiger partial charge in [-0.05, 0) is 48.0 Å². The molecule has 1 aliphatic heterocycles. The van der Waals surface area contributed by atoms with Crippen LogP contribution >= 0.6 is 15.9 Å². The maximum atomic E-state index is 13.5. The molecule has 1 atom stereocenters. The van der Waals surface area contributed by atoms with Crippen molar-refractivity contribution in [2.45, 2.75) is 6.04 Å². The number of hydrogen-bond acceptors (Lipinski definition) is 4. The van der Waals surface area contributed by atoms with Crippen molar-refractivity contribution in [1.29, 1.82) is 0 Å². The van der Waals surface area contributed by atoms with Gasteiger partial charge in [-0.2, -0.15) is 0 Å². The number of fused-ring (bicyclic) bond motifs is 2. The molecule has 1 aliphatic rings. The quantitative estimate of drug-likeness (QED) is 0.414. The maximum absolute atomic E-state index is 13.5. The molecule has 0 bridgehead atoms. The van der Waals surface area contributed by atoms with Crippen LogP contribution in [0.5, 0.6) is 5.75 Å². The van der Waals surface area contributed by atoms with Crippen LogP contribution in [0.3, 0.4) is 0 Å². The highest BCUT2D eigenvalue weighted by Gasteiger charge is 2.43. The van der Waals surface area contributed by atoms with E-state index < -0.39 is 6.04 Å². The Morgan fingerprint density at radius 2 is 1.77 bits per heavy atom. The van der Waals surface area contributed by atoms with Crippen LogP contribution in [0.1, 0.15) is 27.7 Å². The minimum atomic E-state index is -0.627. The summed E-state index contributed by atoms with van der Waals surface area (Å²) in [6.07, 6.45) is 0. The van der Waals surface area contributed by atoms with Gasteiger partial charge in [0, 0.05) is 10.2 Å². The minimum absolute atomic E-state index is 0.0755. The van der Waals surface area contributed by atoms with E-state index in [1.807, 2.05) is 48.5 Å². The number of carbonyl (C=O) groups is 1. The van der Waals surface area contributed by atoms with E-state index in [0.717, 1.165) is 10.0 Å². The number of para-hydroxylation sites is 1. The van der Waals surface area contributed by atoms with Crippen molar-refractivity contribution in [3.05, 3.63) is 104 Å². The third-order valence-electron chi connectivity index (χ3n) is 5.27. The normalized spacial score (nSPS) is 15.5. The molecule has 5 rings (SSSR count). The zero-order valence-electron chi connectivity index (χ0n) is 16.0. The van der Waals surface area contributed by atoms with Crippen molar-refractivity contribution in [2.24, 2.45) is 0 Å². The van der Waals surface area contributed by atoms with E-state index in [1.165, 1.54) is 0 Å². The molecule has 5 nitrogen and oxygen atoms in total. The van der Waals surface area contributed by atoms with Crippen molar-refractivity contribution < 1.29 is 13.9 Å². The summed E-state index contributed by atoms with van der Waals surface area (Å²) in [4.78, 5) is 28.6. The number of halogens is 1. The molecule has 1 aromatic heterocycles. The highest BCUT2D eigenvalue weighted by atomic mass is 79.9. The average Bonchev–Trinajstić information content (AvgIpc) is 3.06. The molecule has 0 spiro atoms. The number of benzene rings is 3. The Morgan fingerprint density at radius 3 is 2.57 bits per heavy atom. The summed E-state index contributed by atoms with van der Waals surface area (Å²) in [5.41, 5.74) is 1.97. The third-order valence-corrected chi connectivity index (χ3v) is 5.77. The van der Waals surface area contributed by atoms with Crippen LogP contribution in [0.15, 0.2) is 86.5 Å². The van der Waals surface area contributed by atoms with Crippen molar-refractivity contribution in [3.63, 3.8) is 0 Å². The number of rotatable bonds is 3. The van der Waals surface area contributed by atoms with E-state index in [2.05, 4.69) is 15.9 Å². The Balaban J connectivity index is 1.82. The minimum Gasteiger partial charge on any atom is -0.497 e. The van der Waals surface area contributed by atoms with Crippen LogP contribution in [0.4, 0.5) is 5.69 Å². The predicted molar refractivity (Wildman–Crippen MR) is 118 cm³/mol. The van der Waals surface area contributed by atoms with Crippen molar-refractivity contribution in [2.75, 3.05) is 12.0 Å². The van der Waals surface area contributed by atoms with Gasteiger partial charge in [0.05, 0.1) is 24.1 Å². The number of hydrogen-bond donors (Lipinski definition) is 0. The number of carbonyl (C=O) groups excluding carboxylic acids is 1. The summed E-state index contributed by atoms with van der Waals surface area (Å²) in [6, 6.07) is 21.2. The molecule has 30 heavy (non-hydrogen) atoms. The summed E-state index contributed by atoms with van der Waals surface area (Å²) in [5, 5.41) is 0.452. The van der Waals surface area contributed by atoms with Crippen LogP contribution in [-0.2, 0) is 0 Å². The zero-order chi connectivity index (χ0) is 20.8. The lowest BCUT2D eigenvalue weighted by molar-refractivity contribution is 0.0971. The molecular weight excluding hydrogens is 446 g/mol. The highest BCUT2D eigenvalue weighted by Crippen LogP contribution is 2.42. The molecular formula is C24H16BrNO4. The molecule has 0 aliphatic carbocycles. The van der Waals surface area contributed by atoms with Gasteiger partial charge in [0.1, 0.15) is 11.3 Å². The summed E-state index contributed by atoms with van der Waals surface area (Å²) >= 11 is 3.47. The second-order valence-electron chi connectivity index (χ2n) is 7.00. The fourth-order valence-corrected chi connectivity index (χ4v) is 4.33. The molecule has 0 saturated heterocycles. The molecule has 3 aromatic carbocycles. The molecule has 148 valence electrons. The first-order chi connectivity index (χ1) is 14.6. The molecule has 6 heteroatoms. The lowest BCUT2D eigenvalue weighted by atomic mass is 9.98. The first-order valence-corrected chi connectivity index (χ1v) is 10.2. The topological polar surface area (TPSA) is 59.8 Å². The fraction of sp³-hybridized carbons (Fsp3) is 0.0833. The Hall–Kier alpha value is -3.38. The lowest BCUT2D eigenvalue weighted by Crippen LogP contribution is -2.29. The molecule has 0 saturated carbocycles. The molecule has 1 unspecified atom stereocenters. The van der Waals surface area contributed by atoms with E-state index in [1.54, 1.807) is 36.3 Å². The van der Waals surface area contributed by atoms with Gasteiger partial charge in [0.15, 0.2) is 5.43 Å².